The molecule has 1 heterocycles. The van der Waals surface area contributed by atoms with Crippen LogP contribution in [0, 0.1) is 5.92 Å². The van der Waals surface area contributed by atoms with E-state index in [4.69, 9.17) is 0 Å². The number of hydrogen-bond acceptors (Lipinski definition) is 1. The maximum Gasteiger partial charge on any atom is 0.248 e. The normalized spacial score (nSPS) is 38.4. The highest BCUT2D eigenvalue weighted by atomic mass is 19.3. The van der Waals surface area contributed by atoms with Crippen molar-refractivity contribution in [3.63, 3.8) is 0 Å². The SMILES string of the molecule is FC1(F)CC(C2CCN2)C1. The average molecular weight is 147 g/mol. The van der Waals surface area contributed by atoms with Crippen LogP contribution in [-0.4, -0.2) is 18.5 Å². The molecule has 0 amide bonds. The van der Waals surface area contributed by atoms with Crippen LogP contribution in [0.4, 0.5) is 8.78 Å². The molecule has 2 aliphatic rings. The van der Waals surface area contributed by atoms with Crippen LogP contribution in [0.15, 0.2) is 0 Å². The van der Waals surface area contributed by atoms with E-state index >= 15 is 0 Å². The predicted molar refractivity (Wildman–Crippen MR) is 34.1 cm³/mol. The van der Waals surface area contributed by atoms with E-state index in [9.17, 15) is 8.78 Å². The van der Waals surface area contributed by atoms with Crippen LogP contribution in [0.1, 0.15) is 19.3 Å². The molecule has 0 aromatic heterocycles. The van der Waals surface area contributed by atoms with E-state index < -0.39 is 5.92 Å². The summed E-state index contributed by atoms with van der Waals surface area (Å²) in [5.74, 6) is -2.06. The quantitative estimate of drug-likeness (QED) is 0.591. The summed E-state index contributed by atoms with van der Waals surface area (Å²) in [6.07, 6.45) is 1.33. The molecule has 3 heteroatoms. The zero-order valence-electron chi connectivity index (χ0n) is 5.74. The van der Waals surface area contributed by atoms with Crippen molar-refractivity contribution < 1.29 is 8.78 Å². The Morgan fingerprint density at radius 1 is 1.30 bits per heavy atom. The van der Waals surface area contributed by atoms with Gasteiger partial charge in [-0.05, 0) is 18.9 Å². The van der Waals surface area contributed by atoms with Gasteiger partial charge in [0.15, 0.2) is 0 Å². The minimum atomic E-state index is -2.33. The van der Waals surface area contributed by atoms with E-state index in [1.807, 2.05) is 0 Å². The van der Waals surface area contributed by atoms with Crippen LogP contribution in [0.5, 0.6) is 0 Å². The van der Waals surface area contributed by atoms with Gasteiger partial charge in [-0.2, -0.15) is 0 Å². The van der Waals surface area contributed by atoms with E-state index in [0.29, 0.717) is 6.04 Å². The van der Waals surface area contributed by atoms with E-state index in [0.717, 1.165) is 13.0 Å². The summed E-state index contributed by atoms with van der Waals surface area (Å²) in [5.41, 5.74) is 0. The lowest BCUT2D eigenvalue weighted by atomic mass is 9.73. The molecule has 2 fully saturated rings. The van der Waals surface area contributed by atoms with E-state index in [1.165, 1.54) is 0 Å². The molecule has 58 valence electrons. The first-order chi connectivity index (χ1) is 4.67. The lowest BCUT2D eigenvalue weighted by Gasteiger charge is -2.44. The number of nitrogens with one attached hydrogen (secondary N) is 1. The smallest absolute Gasteiger partial charge is 0.248 e. The lowest BCUT2D eigenvalue weighted by molar-refractivity contribution is -0.124. The summed E-state index contributed by atoms with van der Waals surface area (Å²) in [6.45, 7) is 1.02. The van der Waals surface area contributed by atoms with Crippen molar-refractivity contribution in [2.24, 2.45) is 5.92 Å². The molecule has 1 nitrogen and oxygen atoms in total. The fourth-order valence-corrected chi connectivity index (χ4v) is 1.71. The van der Waals surface area contributed by atoms with Gasteiger partial charge in [0.1, 0.15) is 0 Å². The van der Waals surface area contributed by atoms with Crippen molar-refractivity contribution in [2.45, 2.75) is 31.2 Å². The van der Waals surface area contributed by atoms with Crippen molar-refractivity contribution in [1.29, 1.82) is 0 Å². The van der Waals surface area contributed by atoms with Crippen LogP contribution in [0.25, 0.3) is 0 Å². The Bertz CT molecular complexity index is 135. The topological polar surface area (TPSA) is 12.0 Å². The van der Waals surface area contributed by atoms with Gasteiger partial charge in [-0.25, -0.2) is 8.78 Å². The molecule has 1 N–H and O–H groups in total. The first-order valence-electron chi connectivity index (χ1n) is 3.79. The summed E-state index contributed by atoms with van der Waals surface area (Å²) >= 11 is 0. The Morgan fingerprint density at radius 3 is 2.20 bits per heavy atom. The molecular formula is C7H11F2N. The van der Waals surface area contributed by atoms with E-state index in [1.54, 1.807) is 0 Å². The van der Waals surface area contributed by atoms with Gasteiger partial charge >= 0.3 is 0 Å². The standard InChI is InChI=1S/C7H11F2N/c8-7(9)3-5(4-7)6-1-2-10-6/h5-6,10H,1-4H2. The van der Waals surface area contributed by atoms with E-state index in [-0.39, 0.29) is 18.8 Å². The molecule has 0 radical (unpaired) electrons. The minimum Gasteiger partial charge on any atom is -0.314 e. The van der Waals surface area contributed by atoms with Gasteiger partial charge in [0, 0.05) is 18.9 Å². The Morgan fingerprint density at radius 2 is 1.90 bits per heavy atom. The van der Waals surface area contributed by atoms with Crippen molar-refractivity contribution >= 4 is 0 Å². The van der Waals surface area contributed by atoms with Crippen LogP contribution in [0.2, 0.25) is 0 Å². The van der Waals surface area contributed by atoms with Gasteiger partial charge in [0.2, 0.25) is 5.92 Å². The van der Waals surface area contributed by atoms with Gasteiger partial charge < -0.3 is 5.32 Å². The molecule has 2 rings (SSSR count). The second kappa shape index (κ2) is 1.91. The van der Waals surface area contributed by atoms with Gasteiger partial charge in [0.05, 0.1) is 0 Å². The third-order valence-electron chi connectivity index (χ3n) is 2.55. The Balaban J connectivity index is 1.79. The number of alkyl halides is 2. The Kier molecular flexibility index (Phi) is 1.24. The fraction of sp³-hybridized carbons (Fsp3) is 1.00. The van der Waals surface area contributed by atoms with Crippen molar-refractivity contribution in [2.75, 3.05) is 6.54 Å². The van der Waals surface area contributed by atoms with Gasteiger partial charge in [-0.15, -0.1) is 0 Å². The summed E-state index contributed by atoms with van der Waals surface area (Å²) < 4.78 is 24.6. The molecule has 1 saturated carbocycles. The third kappa shape index (κ3) is 0.926. The average Bonchev–Trinajstić information content (AvgIpc) is 1.54. The van der Waals surface area contributed by atoms with Crippen molar-refractivity contribution in [1.82, 2.24) is 5.32 Å². The minimum absolute atomic E-state index is 0.116. The first kappa shape index (κ1) is 6.53. The maximum atomic E-state index is 12.3. The summed E-state index contributed by atoms with van der Waals surface area (Å²) in [6, 6.07) is 0.416. The van der Waals surface area contributed by atoms with Crippen LogP contribution >= 0.6 is 0 Å². The number of rotatable bonds is 1. The van der Waals surface area contributed by atoms with Gasteiger partial charge in [0.25, 0.3) is 0 Å². The first-order valence-corrected chi connectivity index (χ1v) is 3.79. The highest BCUT2D eigenvalue weighted by molar-refractivity contribution is 4.96. The van der Waals surface area contributed by atoms with Crippen molar-refractivity contribution in [3.8, 4) is 0 Å². The maximum absolute atomic E-state index is 12.3. The second-order valence-corrected chi connectivity index (χ2v) is 3.37. The second-order valence-electron chi connectivity index (χ2n) is 3.37. The van der Waals surface area contributed by atoms with Crippen LogP contribution < -0.4 is 5.32 Å². The molecule has 1 atom stereocenters. The van der Waals surface area contributed by atoms with Crippen LogP contribution in [0.3, 0.4) is 0 Å². The molecule has 1 unspecified atom stereocenters. The fourth-order valence-electron chi connectivity index (χ4n) is 1.71. The molecule has 1 aliphatic carbocycles. The number of hydrogen-bond donors (Lipinski definition) is 1. The van der Waals surface area contributed by atoms with E-state index in [2.05, 4.69) is 5.32 Å². The highest BCUT2D eigenvalue weighted by Gasteiger charge is 2.49. The summed E-state index contributed by atoms with van der Waals surface area (Å²) in [5, 5.41) is 3.15. The molecule has 0 aromatic carbocycles. The molecule has 0 bridgehead atoms. The molecule has 1 saturated heterocycles. The molecule has 0 aromatic rings. The van der Waals surface area contributed by atoms with Crippen LogP contribution in [-0.2, 0) is 0 Å². The Labute approximate surface area is 58.8 Å². The summed E-state index contributed by atoms with van der Waals surface area (Å²) in [4.78, 5) is 0. The lowest BCUT2D eigenvalue weighted by Crippen LogP contribution is -2.54. The molecule has 10 heavy (non-hydrogen) atoms. The Hall–Kier alpha value is -0.180. The molecule has 1 aliphatic heterocycles. The van der Waals surface area contributed by atoms with Gasteiger partial charge in [-0.3, -0.25) is 0 Å². The molecular weight excluding hydrogens is 136 g/mol. The largest absolute Gasteiger partial charge is 0.314 e. The highest BCUT2D eigenvalue weighted by Crippen LogP contribution is 2.45. The summed E-state index contributed by atoms with van der Waals surface area (Å²) in [7, 11) is 0. The number of halogens is 2. The van der Waals surface area contributed by atoms with Gasteiger partial charge in [-0.1, -0.05) is 0 Å². The molecule has 0 spiro atoms. The van der Waals surface area contributed by atoms with Crippen molar-refractivity contribution in [3.05, 3.63) is 0 Å². The predicted octanol–water partition coefficient (Wildman–Crippen LogP) is 1.39. The monoisotopic (exact) mass is 147 g/mol. The third-order valence-corrected chi connectivity index (χ3v) is 2.55. The zero-order chi connectivity index (χ0) is 7.19. The zero-order valence-corrected chi connectivity index (χ0v) is 5.74.